The maximum absolute atomic E-state index is 11.4. The number of hydrogen-bond donors (Lipinski definition) is 2. The van der Waals surface area contributed by atoms with Crippen LogP contribution in [0.4, 0.5) is 4.79 Å². The van der Waals surface area contributed by atoms with Crippen LogP contribution in [0.25, 0.3) is 0 Å². The average Bonchev–Trinajstić information content (AvgIpc) is 2.13. The summed E-state index contributed by atoms with van der Waals surface area (Å²) in [5.41, 5.74) is 4.50. The number of aliphatic carboxylic acids is 1. The third-order valence-corrected chi connectivity index (χ3v) is 1.90. The highest BCUT2D eigenvalue weighted by molar-refractivity contribution is 5.84. The van der Waals surface area contributed by atoms with Gasteiger partial charge in [-0.1, -0.05) is 6.92 Å². The Morgan fingerprint density at radius 3 is 2.17 bits per heavy atom. The lowest BCUT2D eigenvalue weighted by Gasteiger charge is -2.19. The average molecular weight is 261 g/mol. The van der Waals surface area contributed by atoms with Gasteiger partial charge in [0.25, 0.3) is 0 Å². The van der Waals surface area contributed by atoms with E-state index >= 15 is 0 Å². The fourth-order valence-corrected chi connectivity index (χ4v) is 1.03. The van der Waals surface area contributed by atoms with Crippen molar-refractivity contribution in [2.75, 3.05) is 0 Å². The molecule has 7 heteroatoms. The summed E-state index contributed by atoms with van der Waals surface area (Å²) in [5, 5.41) is 8.58. The van der Waals surface area contributed by atoms with E-state index in [4.69, 9.17) is 15.6 Å². The highest BCUT2D eigenvalue weighted by atomic mass is 16.7. The molecule has 104 valence electrons. The number of rotatable bonds is 4. The van der Waals surface area contributed by atoms with E-state index in [-0.39, 0.29) is 6.42 Å². The van der Waals surface area contributed by atoms with Gasteiger partial charge in [-0.05, 0) is 27.2 Å². The molecule has 0 aromatic carbocycles. The minimum atomic E-state index is -1.22. The predicted octanol–water partition coefficient (Wildman–Crippen LogP) is 0.903. The topological polar surface area (TPSA) is 116 Å². The summed E-state index contributed by atoms with van der Waals surface area (Å²) in [5.74, 6) is -2.88. The van der Waals surface area contributed by atoms with E-state index in [0.29, 0.717) is 0 Å². The van der Waals surface area contributed by atoms with E-state index in [1.54, 1.807) is 20.8 Å². The Hall–Kier alpha value is -1.63. The van der Waals surface area contributed by atoms with Gasteiger partial charge < -0.3 is 20.3 Å². The molecule has 0 rings (SSSR count). The molecule has 0 aliphatic carbocycles. The fourth-order valence-electron chi connectivity index (χ4n) is 1.03. The zero-order chi connectivity index (χ0) is 14.5. The number of carbonyl (C=O) groups excluding carboxylic acids is 2. The van der Waals surface area contributed by atoms with Gasteiger partial charge in [0.15, 0.2) is 0 Å². The van der Waals surface area contributed by atoms with Crippen molar-refractivity contribution in [2.45, 2.75) is 45.8 Å². The molecule has 0 radical (unpaired) electrons. The number of ether oxygens (including phenoxy) is 2. The lowest BCUT2D eigenvalue weighted by Crippen LogP contribution is -2.35. The molecule has 0 bridgehead atoms. The largest absolute Gasteiger partial charge is 0.516 e. The Morgan fingerprint density at radius 2 is 1.78 bits per heavy atom. The van der Waals surface area contributed by atoms with Gasteiger partial charge in [-0.2, -0.15) is 0 Å². The molecule has 0 amide bonds. The first-order valence-corrected chi connectivity index (χ1v) is 5.46. The van der Waals surface area contributed by atoms with Crippen molar-refractivity contribution in [1.82, 2.24) is 0 Å². The van der Waals surface area contributed by atoms with Gasteiger partial charge in [-0.15, -0.1) is 0 Å². The molecular weight excluding hydrogens is 242 g/mol. The third kappa shape index (κ3) is 6.85. The highest BCUT2D eigenvalue weighted by Gasteiger charge is 2.26. The van der Waals surface area contributed by atoms with Crippen molar-refractivity contribution >= 4 is 18.1 Å². The molecule has 0 fully saturated rings. The maximum atomic E-state index is 11.4. The van der Waals surface area contributed by atoms with Crippen molar-refractivity contribution in [2.24, 2.45) is 11.7 Å². The molecule has 0 saturated heterocycles. The molecule has 0 aliphatic rings. The van der Waals surface area contributed by atoms with E-state index in [1.165, 1.54) is 6.92 Å². The van der Waals surface area contributed by atoms with Gasteiger partial charge in [-0.25, -0.2) is 4.79 Å². The van der Waals surface area contributed by atoms with Crippen LogP contribution >= 0.6 is 0 Å². The highest BCUT2D eigenvalue weighted by Crippen LogP contribution is 2.11. The first kappa shape index (κ1) is 16.4. The second-order valence-electron chi connectivity index (χ2n) is 4.97. The molecule has 1 unspecified atom stereocenters. The molecule has 0 aromatic rings. The summed E-state index contributed by atoms with van der Waals surface area (Å²) in [6.07, 6.45) is -1.22. The number of carbonyl (C=O) groups is 3. The van der Waals surface area contributed by atoms with Crippen LogP contribution in [-0.4, -0.2) is 34.8 Å². The van der Waals surface area contributed by atoms with Crippen LogP contribution in [-0.2, 0) is 19.1 Å². The summed E-state index contributed by atoms with van der Waals surface area (Å²) in [4.78, 5) is 33.1. The number of hydrogen-bond acceptors (Lipinski definition) is 6. The summed E-state index contributed by atoms with van der Waals surface area (Å²) < 4.78 is 9.20. The van der Waals surface area contributed by atoms with Gasteiger partial charge in [0.2, 0.25) is 0 Å². The number of esters is 1. The van der Waals surface area contributed by atoms with Crippen molar-refractivity contribution in [3.8, 4) is 0 Å². The van der Waals surface area contributed by atoms with Gasteiger partial charge in [-0.3, -0.25) is 9.59 Å². The first-order valence-electron chi connectivity index (χ1n) is 5.46. The lowest BCUT2D eigenvalue weighted by atomic mass is 10.0. The summed E-state index contributed by atoms with van der Waals surface area (Å²) in [6, 6.07) is -1.17. The molecular formula is C11H19NO6. The van der Waals surface area contributed by atoms with Crippen molar-refractivity contribution in [3.63, 3.8) is 0 Å². The first-order chi connectivity index (χ1) is 8.03. The van der Waals surface area contributed by atoms with Crippen molar-refractivity contribution in [1.29, 1.82) is 0 Å². The van der Waals surface area contributed by atoms with Gasteiger partial charge in [0, 0.05) is 0 Å². The normalized spacial score (nSPS) is 14.5. The summed E-state index contributed by atoms with van der Waals surface area (Å²) in [7, 11) is 0. The number of nitrogens with two attached hydrogens (primary N) is 1. The van der Waals surface area contributed by atoms with E-state index in [2.05, 4.69) is 4.74 Å². The van der Waals surface area contributed by atoms with Crippen LogP contribution in [0, 0.1) is 5.92 Å². The smallest absolute Gasteiger partial charge is 0.480 e. The Kier molecular flexibility index (Phi) is 5.77. The van der Waals surface area contributed by atoms with Gasteiger partial charge in [0.05, 0.1) is 5.92 Å². The second kappa shape index (κ2) is 6.34. The SMILES string of the molecule is CC(C[C@@H](N)C(=O)O)C(=O)OC(=O)OC(C)(C)C. The van der Waals surface area contributed by atoms with Crippen molar-refractivity contribution in [3.05, 3.63) is 0 Å². The summed E-state index contributed by atoms with van der Waals surface area (Å²) >= 11 is 0. The second-order valence-corrected chi connectivity index (χ2v) is 4.97. The third-order valence-electron chi connectivity index (χ3n) is 1.90. The zero-order valence-corrected chi connectivity index (χ0v) is 10.9. The molecule has 7 nitrogen and oxygen atoms in total. The molecule has 0 spiro atoms. The van der Waals surface area contributed by atoms with Crippen LogP contribution in [0.1, 0.15) is 34.1 Å². The molecule has 18 heavy (non-hydrogen) atoms. The number of carboxylic acid groups (broad SMARTS) is 1. The minimum Gasteiger partial charge on any atom is -0.480 e. The molecule has 0 heterocycles. The van der Waals surface area contributed by atoms with Crippen LogP contribution in [0.5, 0.6) is 0 Å². The molecule has 0 aromatic heterocycles. The van der Waals surface area contributed by atoms with Crippen molar-refractivity contribution < 1.29 is 29.0 Å². The van der Waals surface area contributed by atoms with E-state index in [1.807, 2.05) is 0 Å². The molecule has 0 aliphatic heterocycles. The monoisotopic (exact) mass is 261 g/mol. The Morgan fingerprint density at radius 1 is 1.28 bits per heavy atom. The quantitative estimate of drug-likeness (QED) is 0.570. The van der Waals surface area contributed by atoms with Crippen LogP contribution in [0.3, 0.4) is 0 Å². The van der Waals surface area contributed by atoms with Gasteiger partial charge in [0.1, 0.15) is 11.6 Å². The molecule has 0 saturated carbocycles. The molecule has 2 atom stereocenters. The Balaban J connectivity index is 4.24. The van der Waals surface area contributed by atoms with Gasteiger partial charge >= 0.3 is 18.1 Å². The fraction of sp³-hybridized carbons (Fsp3) is 0.727. The minimum absolute atomic E-state index is 0.114. The van der Waals surface area contributed by atoms with Crippen LogP contribution in [0.15, 0.2) is 0 Å². The van der Waals surface area contributed by atoms with E-state index in [9.17, 15) is 14.4 Å². The Labute approximate surface area is 105 Å². The van der Waals surface area contributed by atoms with Crippen LogP contribution < -0.4 is 5.73 Å². The zero-order valence-electron chi connectivity index (χ0n) is 10.9. The van der Waals surface area contributed by atoms with E-state index < -0.39 is 35.7 Å². The number of carboxylic acids is 1. The Bertz CT molecular complexity index is 333. The predicted molar refractivity (Wildman–Crippen MR) is 61.7 cm³/mol. The maximum Gasteiger partial charge on any atom is 0.516 e. The standard InChI is InChI=1S/C11H19NO6/c1-6(5-7(12)8(13)14)9(15)17-10(16)18-11(2,3)4/h6-7H,5,12H2,1-4H3,(H,13,14)/t6?,7-/m1/s1. The van der Waals surface area contributed by atoms with Crippen LogP contribution in [0.2, 0.25) is 0 Å². The summed E-state index contributed by atoms with van der Waals surface area (Å²) in [6.45, 7) is 6.31. The molecule has 3 N–H and O–H groups in total. The van der Waals surface area contributed by atoms with E-state index in [0.717, 1.165) is 0 Å². The lowest BCUT2D eigenvalue weighted by molar-refractivity contribution is -0.146.